The number of carbonyl (C=O) groups excluding carboxylic acids is 2. The highest BCUT2D eigenvalue weighted by atomic mass is 19.1. The number of piperazine rings is 1. The van der Waals surface area contributed by atoms with E-state index >= 15 is 0 Å². The molecule has 3 atom stereocenters. The Morgan fingerprint density at radius 3 is 2.21 bits per heavy atom. The molecule has 204 valence electrons. The molecule has 1 aliphatic carbocycles. The van der Waals surface area contributed by atoms with E-state index in [0.717, 1.165) is 29.8 Å². The first-order valence-electron chi connectivity index (χ1n) is 12.6. The summed E-state index contributed by atoms with van der Waals surface area (Å²) in [6.07, 6.45) is 1.30. The summed E-state index contributed by atoms with van der Waals surface area (Å²) in [6.45, 7) is 6.11. The highest BCUT2D eigenvalue weighted by Crippen LogP contribution is 2.44. The zero-order chi connectivity index (χ0) is 27.4. The van der Waals surface area contributed by atoms with Gasteiger partial charge in [-0.25, -0.2) is 18.4 Å². The van der Waals surface area contributed by atoms with E-state index in [4.69, 9.17) is 11.5 Å². The Morgan fingerprint density at radius 1 is 1.08 bits per heavy atom. The van der Waals surface area contributed by atoms with Crippen LogP contribution in [0.15, 0.2) is 29.2 Å². The van der Waals surface area contributed by atoms with E-state index in [2.05, 4.69) is 10.3 Å². The van der Waals surface area contributed by atoms with Gasteiger partial charge in [0.2, 0.25) is 5.91 Å². The third kappa shape index (κ3) is 5.13. The minimum Gasteiger partial charge on any atom is -0.338 e. The van der Waals surface area contributed by atoms with E-state index in [-0.39, 0.29) is 35.6 Å². The van der Waals surface area contributed by atoms with Gasteiger partial charge in [0.05, 0.1) is 11.2 Å². The molecule has 0 spiro atoms. The molecule has 3 heterocycles. The lowest BCUT2D eigenvalue weighted by Crippen LogP contribution is -2.58. The fourth-order valence-corrected chi connectivity index (χ4v) is 5.27. The molecule has 5 N–H and O–H groups in total. The lowest BCUT2D eigenvalue weighted by Gasteiger charge is -2.37. The molecule has 5 rings (SSSR count). The Bertz CT molecular complexity index is 1280. The topological polar surface area (TPSA) is 143 Å². The number of anilines is 1. The van der Waals surface area contributed by atoms with Gasteiger partial charge in [-0.2, -0.15) is 4.98 Å². The van der Waals surface area contributed by atoms with Crippen molar-refractivity contribution in [3.8, 4) is 5.69 Å². The second kappa shape index (κ2) is 9.71. The smallest absolute Gasteiger partial charge is 0.338 e. The summed E-state index contributed by atoms with van der Waals surface area (Å²) in [7, 11) is 0. The van der Waals surface area contributed by atoms with Crippen LogP contribution in [0.25, 0.3) is 5.69 Å². The van der Waals surface area contributed by atoms with Gasteiger partial charge in [-0.1, -0.05) is 0 Å². The number of halogens is 2. The monoisotopic (exact) mass is 530 g/mol. The van der Waals surface area contributed by atoms with Crippen molar-refractivity contribution in [3.05, 3.63) is 52.1 Å². The maximum atomic E-state index is 14.8. The number of carbonyl (C=O) groups is 2. The van der Waals surface area contributed by atoms with Crippen molar-refractivity contribution in [3.63, 3.8) is 0 Å². The number of hydrogen-bond acceptors (Lipinski definition) is 7. The Hall–Kier alpha value is -3.42. The first kappa shape index (κ1) is 26.2. The van der Waals surface area contributed by atoms with E-state index in [1.54, 1.807) is 18.7 Å². The third-order valence-electron chi connectivity index (χ3n) is 7.57. The van der Waals surface area contributed by atoms with Crippen molar-refractivity contribution in [1.29, 1.82) is 0 Å². The molecular weight excluding hydrogens is 498 g/mol. The average Bonchev–Trinajstić information content (AvgIpc) is 3.24. The first-order valence-corrected chi connectivity index (χ1v) is 12.6. The SMILES string of the molecule is CC(C)(N)C(=O)N1CCN(C(=O)Nc2ccn(-c3cc(F)c(CN4C[C@@H]5C(N)[C@@H]5C4)c(F)c3)c(=O)n2)CC1. The number of aromatic nitrogens is 2. The normalized spacial score (nSPS) is 23.4. The van der Waals surface area contributed by atoms with Crippen LogP contribution in [-0.4, -0.2) is 87.0 Å². The van der Waals surface area contributed by atoms with Crippen LogP contribution >= 0.6 is 0 Å². The number of piperidine rings is 1. The molecule has 13 heteroatoms. The van der Waals surface area contributed by atoms with Gasteiger partial charge in [-0.3, -0.25) is 19.6 Å². The quantitative estimate of drug-likeness (QED) is 0.505. The molecule has 1 aromatic heterocycles. The number of nitrogens with zero attached hydrogens (tertiary/aromatic N) is 5. The predicted molar refractivity (Wildman–Crippen MR) is 135 cm³/mol. The molecule has 38 heavy (non-hydrogen) atoms. The van der Waals surface area contributed by atoms with Crippen LogP contribution in [-0.2, 0) is 11.3 Å². The van der Waals surface area contributed by atoms with Crippen LogP contribution in [0, 0.1) is 23.5 Å². The molecule has 2 aliphatic heterocycles. The van der Waals surface area contributed by atoms with Crippen LogP contribution in [0.5, 0.6) is 0 Å². The van der Waals surface area contributed by atoms with E-state index in [0.29, 0.717) is 38.0 Å². The summed E-state index contributed by atoms with van der Waals surface area (Å²) in [4.78, 5) is 46.5. The molecule has 3 aliphatic rings. The van der Waals surface area contributed by atoms with Crippen molar-refractivity contribution < 1.29 is 18.4 Å². The summed E-state index contributed by atoms with van der Waals surface area (Å²) in [5.74, 6) is -0.875. The summed E-state index contributed by atoms with van der Waals surface area (Å²) >= 11 is 0. The Balaban J connectivity index is 1.21. The van der Waals surface area contributed by atoms with Crippen LogP contribution in [0.3, 0.4) is 0 Å². The van der Waals surface area contributed by atoms with Gasteiger partial charge in [0.25, 0.3) is 0 Å². The van der Waals surface area contributed by atoms with Crippen LogP contribution in [0.4, 0.5) is 19.4 Å². The second-order valence-electron chi connectivity index (χ2n) is 10.9. The van der Waals surface area contributed by atoms with Crippen molar-refractivity contribution in [2.24, 2.45) is 23.3 Å². The van der Waals surface area contributed by atoms with E-state index in [9.17, 15) is 23.2 Å². The molecule has 3 fully saturated rings. The molecule has 0 radical (unpaired) electrons. The van der Waals surface area contributed by atoms with E-state index in [1.807, 2.05) is 4.90 Å². The van der Waals surface area contributed by atoms with E-state index < -0.39 is 28.9 Å². The number of urea groups is 1. The number of rotatable bonds is 5. The van der Waals surface area contributed by atoms with Gasteiger partial charge in [0.1, 0.15) is 17.5 Å². The van der Waals surface area contributed by atoms with Gasteiger partial charge in [-0.15, -0.1) is 0 Å². The number of amides is 3. The number of likely N-dealkylation sites (tertiary alicyclic amines) is 1. The zero-order valence-corrected chi connectivity index (χ0v) is 21.4. The number of nitrogens with two attached hydrogens (primary N) is 2. The maximum absolute atomic E-state index is 14.8. The minimum absolute atomic E-state index is 0.00113. The van der Waals surface area contributed by atoms with Gasteiger partial charge >= 0.3 is 11.7 Å². The molecule has 1 unspecified atom stereocenters. The molecule has 11 nitrogen and oxygen atoms in total. The minimum atomic E-state index is -0.993. The average molecular weight is 531 g/mol. The molecule has 0 bridgehead atoms. The highest BCUT2D eigenvalue weighted by molar-refractivity contribution is 5.89. The summed E-state index contributed by atoms with van der Waals surface area (Å²) < 4.78 is 30.7. The van der Waals surface area contributed by atoms with Crippen LogP contribution < -0.4 is 22.5 Å². The van der Waals surface area contributed by atoms with E-state index in [1.165, 1.54) is 17.2 Å². The maximum Gasteiger partial charge on any atom is 0.354 e. The molecule has 1 aromatic carbocycles. The lowest BCUT2D eigenvalue weighted by atomic mass is 10.1. The standard InChI is InChI=1S/C25H32F2N8O3/c1-25(2,29)22(36)33-5-7-34(8-6-33)23(37)30-20-3-4-35(24(38)31-20)14-9-18(26)17(19(27)10-14)13-32-11-15-16(12-32)21(15)28/h3-4,9-10,15-16,21H,5-8,11-13,28-29H2,1-2H3,(H,30,31,37,38)/t15-,16+,21?. The zero-order valence-electron chi connectivity index (χ0n) is 21.4. The summed E-state index contributed by atoms with van der Waals surface area (Å²) in [6, 6.07) is 3.30. The number of fused-ring (bicyclic) bond motifs is 1. The second-order valence-corrected chi connectivity index (χ2v) is 10.9. The molecule has 2 saturated heterocycles. The molecule has 1 saturated carbocycles. The van der Waals surface area contributed by atoms with Crippen molar-refractivity contribution in [1.82, 2.24) is 24.3 Å². The summed E-state index contributed by atoms with van der Waals surface area (Å²) in [5.41, 5.74) is 9.95. The fourth-order valence-electron chi connectivity index (χ4n) is 5.27. The van der Waals surface area contributed by atoms with Crippen molar-refractivity contribution >= 4 is 17.8 Å². The van der Waals surface area contributed by atoms with Gasteiger partial charge in [0, 0.05) is 63.6 Å². The predicted octanol–water partition coefficient (Wildman–Crippen LogP) is 0.313. The van der Waals surface area contributed by atoms with Crippen molar-refractivity contribution in [2.75, 3.05) is 44.6 Å². The summed E-state index contributed by atoms with van der Waals surface area (Å²) in [5, 5.41) is 2.56. The number of benzene rings is 1. The van der Waals surface area contributed by atoms with Crippen LogP contribution in [0.2, 0.25) is 0 Å². The van der Waals surface area contributed by atoms with Gasteiger partial charge < -0.3 is 21.3 Å². The Kier molecular flexibility index (Phi) is 6.70. The highest BCUT2D eigenvalue weighted by Gasteiger charge is 2.53. The van der Waals surface area contributed by atoms with Crippen molar-refractivity contribution in [2.45, 2.75) is 32.0 Å². The van der Waals surface area contributed by atoms with Gasteiger partial charge in [0.15, 0.2) is 0 Å². The largest absolute Gasteiger partial charge is 0.354 e. The number of nitrogens with one attached hydrogen (secondary N) is 1. The number of hydrogen-bond donors (Lipinski definition) is 3. The molecular formula is C25H32F2N8O3. The Morgan fingerprint density at radius 2 is 1.66 bits per heavy atom. The molecule has 2 aromatic rings. The first-order chi connectivity index (χ1) is 17.9. The fraction of sp³-hybridized carbons (Fsp3) is 0.520. The van der Waals surface area contributed by atoms with Gasteiger partial charge in [-0.05, 0) is 43.9 Å². The lowest BCUT2D eigenvalue weighted by molar-refractivity contribution is -0.137. The van der Waals surface area contributed by atoms with Crippen LogP contribution in [0.1, 0.15) is 19.4 Å². The third-order valence-corrected chi connectivity index (χ3v) is 7.57. The molecule has 3 amide bonds. The Labute approximate surface area is 218 Å².